The number of esters is 1. The lowest BCUT2D eigenvalue weighted by Gasteiger charge is -2.10. The molecule has 0 amide bonds. The number of ether oxygens (including phenoxy) is 1. The molecule has 0 atom stereocenters. The average molecular weight is 365 g/mol. The number of rotatable bonds is 4. The van der Waals surface area contributed by atoms with Crippen molar-refractivity contribution >= 4 is 27.9 Å². The number of pyridine rings is 1. The van der Waals surface area contributed by atoms with Crippen molar-refractivity contribution in [3.63, 3.8) is 0 Å². The molecule has 0 unspecified atom stereocenters. The maximum atomic E-state index is 12.1. The Hall–Kier alpha value is -2.41. The van der Waals surface area contributed by atoms with Crippen LogP contribution in [0.1, 0.15) is 26.3 Å². The van der Waals surface area contributed by atoms with Gasteiger partial charge in [-0.15, -0.1) is 0 Å². The Labute approximate surface area is 134 Å². The van der Waals surface area contributed by atoms with Crippen LogP contribution < -0.4 is 10.7 Å². The van der Waals surface area contributed by atoms with Gasteiger partial charge in [-0.05, 0) is 33.1 Å². The largest absolute Gasteiger partial charge is 0.545 e. The highest BCUT2D eigenvalue weighted by atomic mass is 79.9. The highest BCUT2D eigenvalue weighted by Gasteiger charge is 2.11. The molecule has 0 aliphatic carbocycles. The minimum absolute atomic E-state index is 0.0561. The number of carboxylic acid groups (broad SMARTS) is 1. The third-order valence-corrected chi connectivity index (χ3v) is 3.57. The minimum Gasteiger partial charge on any atom is -0.545 e. The van der Waals surface area contributed by atoms with Crippen LogP contribution in [0, 0.1) is 0 Å². The number of methoxy groups -OCH3 is 1. The van der Waals surface area contributed by atoms with Crippen molar-refractivity contribution in [2.24, 2.45) is 0 Å². The van der Waals surface area contributed by atoms with Gasteiger partial charge in [-0.2, -0.15) is 0 Å². The maximum Gasteiger partial charge on any atom is 0.339 e. The summed E-state index contributed by atoms with van der Waals surface area (Å²) in [5.41, 5.74) is 0.693. The summed E-state index contributed by atoms with van der Waals surface area (Å²) >= 11 is 3.11. The number of aromatic carboxylic acids is 1. The van der Waals surface area contributed by atoms with Gasteiger partial charge in [0.1, 0.15) is 0 Å². The molecule has 7 heteroatoms. The number of nitrogens with zero attached hydrogens (tertiary/aromatic N) is 1. The smallest absolute Gasteiger partial charge is 0.339 e. The Morgan fingerprint density at radius 2 is 1.86 bits per heavy atom. The first-order valence-corrected chi connectivity index (χ1v) is 7.00. The van der Waals surface area contributed by atoms with Crippen LogP contribution >= 0.6 is 15.9 Å². The number of carbonyl (C=O) groups excluding carboxylic acids is 2. The van der Waals surface area contributed by atoms with E-state index in [1.807, 2.05) is 0 Å². The zero-order valence-corrected chi connectivity index (χ0v) is 13.1. The van der Waals surface area contributed by atoms with Gasteiger partial charge in [-0.1, -0.05) is 24.3 Å². The Morgan fingerprint density at radius 3 is 2.41 bits per heavy atom. The molecular weight excluding hydrogens is 354 g/mol. The zero-order chi connectivity index (χ0) is 16.3. The molecular formula is C15H11BrNO5-. The van der Waals surface area contributed by atoms with Crippen LogP contribution in [0.2, 0.25) is 0 Å². The van der Waals surface area contributed by atoms with Gasteiger partial charge in [0, 0.05) is 6.20 Å². The fourth-order valence-electron chi connectivity index (χ4n) is 1.89. The molecule has 0 N–H and O–H groups in total. The van der Waals surface area contributed by atoms with Crippen LogP contribution in [-0.2, 0) is 11.3 Å². The van der Waals surface area contributed by atoms with Crippen molar-refractivity contribution in [2.45, 2.75) is 6.54 Å². The van der Waals surface area contributed by atoms with E-state index in [0.29, 0.717) is 5.56 Å². The second-order valence-electron chi connectivity index (χ2n) is 4.49. The van der Waals surface area contributed by atoms with Crippen molar-refractivity contribution in [2.75, 3.05) is 7.11 Å². The molecule has 0 aliphatic heterocycles. The first kappa shape index (κ1) is 16.0. The summed E-state index contributed by atoms with van der Waals surface area (Å²) in [4.78, 5) is 34.3. The van der Waals surface area contributed by atoms with Gasteiger partial charge in [-0.3, -0.25) is 4.79 Å². The van der Waals surface area contributed by atoms with E-state index < -0.39 is 11.9 Å². The topological polar surface area (TPSA) is 88.4 Å². The molecule has 0 bridgehead atoms. The molecule has 2 rings (SSSR count). The fourth-order valence-corrected chi connectivity index (χ4v) is 2.36. The van der Waals surface area contributed by atoms with Gasteiger partial charge >= 0.3 is 5.97 Å². The molecule has 0 spiro atoms. The van der Waals surface area contributed by atoms with Gasteiger partial charge in [0.25, 0.3) is 5.56 Å². The Morgan fingerprint density at radius 1 is 1.23 bits per heavy atom. The number of carboxylic acids is 1. The summed E-state index contributed by atoms with van der Waals surface area (Å²) in [6.07, 6.45) is 1.39. The van der Waals surface area contributed by atoms with Crippen molar-refractivity contribution < 1.29 is 19.4 Å². The monoisotopic (exact) mass is 364 g/mol. The number of hydrogen-bond acceptors (Lipinski definition) is 5. The van der Waals surface area contributed by atoms with E-state index in [1.54, 1.807) is 12.1 Å². The normalized spacial score (nSPS) is 10.3. The number of aromatic nitrogens is 1. The molecule has 1 aromatic heterocycles. The number of halogens is 1. The zero-order valence-electron chi connectivity index (χ0n) is 11.5. The Balaban J connectivity index is 2.36. The van der Waals surface area contributed by atoms with E-state index in [1.165, 1.54) is 36.1 Å². The molecule has 0 saturated heterocycles. The second kappa shape index (κ2) is 6.57. The van der Waals surface area contributed by atoms with Crippen LogP contribution in [0.15, 0.2) is 45.8 Å². The van der Waals surface area contributed by atoms with Crippen LogP contribution in [0.5, 0.6) is 0 Å². The van der Waals surface area contributed by atoms with Crippen LogP contribution in [0.3, 0.4) is 0 Å². The van der Waals surface area contributed by atoms with Gasteiger partial charge in [0.05, 0.1) is 29.7 Å². The van der Waals surface area contributed by atoms with E-state index in [0.717, 1.165) is 0 Å². The van der Waals surface area contributed by atoms with E-state index in [9.17, 15) is 19.5 Å². The van der Waals surface area contributed by atoms with E-state index in [4.69, 9.17) is 0 Å². The molecule has 1 heterocycles. The van der Waals surface area contributed by atoms with E-state index >= 15 is 0 Å². The second-order valence-corrected chi connectivity index (χ2v) is 5.34. The summed E-state index contributed by atoms with van der Waals surface area (Å²) in [5, 5.41) is 10.7. The molecule has 2 aromatic rings. The van der Waals surface area contributed by atoms with Gasteiger partial charge in [0.15, 0.2) is 0 Å². The molecule has 114 valence electrons. The summed E-state index contributed by atoms with van der Waals surface area (Å²) < 4.78 is 6.21. The first-order valence-electron chi connectivity index (χ1n) is 6.21. The van der Waals surface area contributed by atoms with Crippen LogP contribution in [-0.4, -0.2) is 23.6 Å². The average Bonchev–Trinajstić information content (AvgIpc) is 2.51. The fraction of sp³-hybridized carbons (Fsp3) is 0.133. The van der Waals surface area contributed by atoms with Gasteiger partial charge in [0.2, 0.25) is 0 Å². The van der Waals surface area contributed by atoms with Gasteiger partial charge in [-0.25, -0.2) is 4.79 Å². The third-order valence-electron chi connectivity index (χ3n) is 3.01. The number of benzene rings is 1. The highest BCUT2D eigenvalue weighted by molar-refractivity contribution is 9.10. The lowest BCUT2D eigenvalue weighted by Crippen LogP contribution is -2.23. The van der Waals surface area contributed by atoms with Crippen molar-refractivity contribution in [1.82, 2.24) is 4.57 Å². The molecule has 6 nitrogen and oxygen atoms in total. The van der Waals surface area contributed by atoms with Crippen LogP contribution in [0.25, 0.3) is 0 Å². The minimum atomic E-state index is -1.26. The molecule has 1 aromatic carbocycles. The predicted molar refractivity (Wildman–Crippen MR) is 79.6 cm³/mol. The number of carbonyl (C=O) groups is 2. The Kier molecular flexibility index (Phi) is 4.77. The summed E-state index contributed by atoms with van der Waals surface area (Å²) in [6, 6.07) is 7.35. The number of hydrogen-bond donors (Lipinski definition) is 0. The van der Waals surface area contributed by atoms with Crippen molar-refractivity contribution in [3.8, 4) is 0 Å². The SMILES string of the molecule is COC(=O)c1cc(Br)c(=O)n(Cc2ccc(C(=O)[O-])cc2)c1. The molecule has 22 heavy (non-hydrogen) atoms. The van der Waals surface area contributed by atoms with Crippen molar-refractivity contribution in [1.29, 1.82) is 0 Å². The Bertz CT molecular complexity index is 780. The predicted octanol–water partition coefficient (Wildman–Crippen LogP) is 0.809. The standard InChI is InChI=1S/C15H12BrNO5/c1-22-15(21)11-6-12(16)13(18)17(8-11)7-9-2-4-10(5-3-9)14(19)20/h2-6,8H,7H2,1H3,(H,19,20)/p-1. The third kappa shape index (κ3) is 3.43. The van der Waals surface area contributed by atoms with E-state index in [2.05, 4.69) is 20.7 Å². The summed E-state index contributed by atoms with van der Waals surface area (Å²) in [5.74, 6) is -1.82. The summed E-state index contributed by atoms with van der Waals surface area (Å²) in [7, 11) is 1.25. The van der Waals surface area contributed by atoms with Gasteiger partial charge < -0.3 is 19.2 Å². The highest BCUT2D eigenvalue weighted by Crippen LogP contribution is 2.11. The maximum absolute atomic E-state index is 12.1. The van der Waals surface area contributed by atoms with Crippen molar-refractivity contribution in [3.05, 3.63) is 68.0 Å². The van der Waals surface area contributed by atoms with E-state index in [-0.39, 0.29) is 27.7 Å². The summed E-state index contributed by atoms with van der Waals surface area (Å²) in [6.45, 7) is 0.190. The molecule has 0 fully saturated rings. The molecule has 0 radical (unpaired) electrons. The quantitative estimate of drug-likeness (QED) is 0.749. The lowest BCUT2D eigenvalue weighted by molar-refractivity contribution is -0.255. The molecule has 0 aliphatic rings. The lowest BCUT2D eigenvalue weighted by atomic mass is 10.1. The van der Waals surface area contributed by atoms with Crippen LogP contribution in [0.4, 0.5) is 0 Å². The molecule has 0 saturated carbocycles. The first-order chi connectivity index (χ1) is 10.4.